The molecule has 2 aliphatic rings. The molecule has 1 fully saturated rings. The first-order valence-corrected chi connectivity index (χ1v) is 8.84. The molecule has 7 heteroatoms. The molecule has 1 aliphatic carbocycles. The second-order valence-corrected chi connectivity index (χ2v) is 6.87. The normalized spacial score (nSPS) is 18.9. The highest BCUT2D eigenvalue weighted by atomic mass is 16.5. The van der Waals surface area contributed by atoms with E-state index in [1.54, 1.807) is 0 Å². The van der Waals surface area contributed by atoms with Crippen LogP contribution in [0.1, 0.15) is 49.3 Å². The Hall–Kier alpha value is -2.54. The summed E-state index contributed by atoms with van der Waals surface area (Å²) >= 11 is 0. The Labute approximate surface area is 145 Å². The fraction of sp³-hybridized carbons (Fsp3) is 0.444. The maximum atomic E-state index is 5.50. The maximum Gasteiger partial charge on any atom is 0.243 e. The summed E-state index contributed by atoms with van der Waals surface area (Å²) in [5.74, 6) is 4.02. The Balaban J connectivity index is 1.36. The van der Waals surface area contributed by atoms with Gasteiger partial charge < -0.3 is 9.09 Å². The Morgan fingerprint density at radius 1 is 1.12 bits per heavy atom. The number of benzene rings is 1. The quantitative estimate of drug-likeness (QED) is 0.729. The zero-order valence-electron chi connectivity index (χ0n) is 14.2. The van der Waals surface area contributed by atoms with E-state index in [-0.39, 0.29) is 6.04 Å². The molecule has 7 nitrogen and oxygen atoms in total. The van der Waals surface area contributed by atoms with Crippen molar-refractivity contribution in [1.29, 1.82) is 0 Å². The lowest BCUT2D eigenvalue weighted by atomic mass is 10.2. The largest absolute Gasteiger partial charge is 0.338 e. The van der Waals surface area contributed by atoms with Gasteiger partial charge in [0, 0.05) is 24.6 Å². The van der Waals surface area contributed by atoms with Crippen LogP contribution in [0.3, 0.4) is 0 Å². The van der Waals surface area contributed by atoms with Gasteiger partial charge in [0.15, 0.2) is 11.6 Å². The summed E-state index contributed by atoms with van der Waals surface area (Å²) in [5, 5.41) is 12.9. The summed E-state index contributed by atoms with van der Waals surface area (Å²) in [6.45, 7) is 4.63. The molecule has 1 aliphatic heterocycles. The van der Waals surface area contributed by atoms with E-state index in [1.807, 2.05) is 18.2 Å². The predicted molar refractivity (Wildman–Crippen MR) is 90.6 cm³/mol. The molecule has 0 amide bonds. The number of rotatable bonds is 4. The van der Waals surface area contributed by atoms with Gasteiger partial charge in [-0.05, 0) is 19.8 Å². The molecule has 0 spiro atoms. The average molecular weight is 336 g/mol. The van der Waals surface area contributed by atoms with Crippen molar-refractivity contribution in [3.63, 3.8) is 0 Å². The number of nitrogens with zero attached hydrogens (tertiary/aromatic N) is 6. The third kappa shape index (κ3) is 2.64. The number of hydrogen-bond acceptors (Lipinski definition) is 6. The number of hydrogen-bond donors (Lipinski definition) is 0. The van der Waals surface area contributed by atoms with Gasteiger partial charge in [0.2, 0.25) is 5.89 Å². The average Bonchev–Trinajstić information content (AvgIpc) is 3.24. The van der Waals surface area contributed by atoms with Crippen molar-refractivity contribution in [3.05, 3.63) is 47.9 Å². The van der Waals surface area contributed by atoms with Gasteiger partial charge in [0.1, 0.15) is 5.82 Å². The SMILES string of the molecule is C[C@H](c1nc(C2CC2)no1)N1CCn2c(nnc2-c2ccccc2)C1. The van der Waals surface area contributed by atoms with E-state index >= 15 is 0 Å². The first-order valence-electron chi connectivity index (χ1n) is 8.84. The minimum atomic E-state index is 0.0885. The highest BCUT2D eigenvalue weighted by Crippen LogP contribution is 2.38. The van der Waals surface area contributed by atoms with Gasteiger partial charge in [-0.25, -0.2) is 0 Å². The number of fused-ring (bicyclic) bond motifs is 1. The molecule has 128 valence electrons. The van der Waals surface area contributed by atoms with Crippen LogP contribution in [0.25, 0.3) is 11.4 Å². The van der Waals surface area contributed by atoms with Crippen molar-refractivity contribution in [1.82, 2.24) is 29.8 Å². The van der Waals surface area contributed by atoms with Crippen LogP contribution in [-0.4, -0.2) is 36.3 Å². The Morgan fingerprint density at radius 2 is 1.96 bits per heavy atom. The van der Waals surface area contributed by atoms with E-state index in [0.29, 0.717) is 11.8 Å². The van der Waals surface area contributed by atoms with Gasteiger partial charge in [-0.2, -0.15) is 4.98 Å². The van der Waals surface area contributed by atoms with Gasteiger partial charge in [0.25, 0.3) is 0 Å². The molecule has 0 saturated heterocycles. The van der Waals surface area contributed by atoms with E-state index in [9.17, 15) is 0 Å². The molecule has 1 aromatic carbocycles. The smallest absolute Gasteiger partial charge is 0.243 e. The fourth-order valence-corrected chi connectivity index (χ4v) is 3.39. The van der Waals surface area contributed by atoms with E-state index < -0.39 is 0 Å². The van der Waals surface area contributed by atoms with Crippen molar-refractivity contribution in [2.45, 2.75) is 44.8 Å². The molecular weight excluding hydrogens is 316 g/mol. The van der Waals surface area contributed by atoms with Crippen LogP contribution < -0.4 is 0 Å². The van der Waals surface area contributed by atoms with Gasteiger partial charge in [0.05, 0.1) is 12.6 Å². The zero-order valence-corrected chi connectivity index (χ0v) is 14.2. The Morgan fingerprint density at radius 3 is 2.76 bits per heavy atom. The number of aromatic nitrogens is 5. The molecule has 2 aromatic heterocycles. The minimum Gasteiger partial charge on any atom is -0.338 e. The van der Waals surface area contributed by atoms with Crippen LogP contribution in [0.15, 0.2) is 34.9 Å². The van der Waals surface area contributed by atoms with E-state index in [1.165, 1.54) is 12.8 Å². The summed E-state index contributed by atoms with van der Waals surface area (Å²) in [6, 6.07) is 10.3. The molecule has 0 N–H and O–H groups in total. The van der Waals surface area contributed by atoms with E-state index in [2.05, 4.69) is 48.9 Å². The molecule has 0 unspecified atom stereocenters. The standard InChI is InChI=1S/C18H20N6O/c1-12(18-19-16(22-25-18)13-7-8-13)23-9-10-24-15(11-23)20-21-17(24)14-5-3-2-4-6-14/h2-6,12-13H,7-11H2,1H3/t12-/m1/s1. The lowest BCUT2D eigenvalue weighted by Crippen LogP contribution is -2.36. The van der Waals surface area contributed by atoms with Crippen LogP contribution in [0.4, 0.5) is 0 Å². The lowest BCUT2D eigenvalue weighted by Gasteiger charge is -2.30. The molecular formula is C18H20N6O. The second kappa shape index (κ2) is 5.77. The first kappa shape index (κ1) is 14.8. The van der Waals surface area contributed by atoms with E-state index in [0.717, 1.165) is 42.7 Å². The highest BCUT2D eigenvalue weighted by Gasteiger charge is 2.32. The third-order valence-corrected chi connectivity index (χ3v) is 5.12. The molecule has 0 radical (unpaired) electrons. The van der Waals surface area contributed by atoms with Crippen molar-refractivity contribution < 1.29 is 4.52 Å². The van der Waals surface area contributed by atoms with Crippen molar-refractivity contribution in [2.24, 2.45) is 0 Å². The zero-order chi connectivity index (χ0) is 16.8. The highest BCUT2D eigenvalue weighted by molar-refractivity contribution is 5.55. The molecule has 1 atom stereocenters. The molecule has 25 heavy (non-hydrogen) atoms. The molecule has 0 bridgehead atoms. The van der Waals surface area contributed by atoms with Crippen molar-refractivity contribution in [2.75, 3.05) is 6.54 Å². The lowest BCUT2D eigenvalue weighted by molar-refractivity contribution is 0.136. The van der Waals surface area contributed by atoms with Gasteiger partial charge in [-0.1, -0.05) is 35.5 Å². The van der Waals surface area contributed by atoms with Gasteiger partial charge >= 0.3 is 0 Å². The van der Waals surface area contributed by atoms with Crippen LogP contribution in [0.5, 0.6) is 0 Å². The first-order chi connectivity index (χ1) is 12.3. The molecule has 1 saturated carbocycles. The van der Waals surface area contributed by atoms with E-state index in [4.69, 9.17) is 4.52 Å². The second-order valence-electron chi connectivity index (χ2n) is 6.87. The molecule has 3 heterocycles. The molecule has 5 rings (SSSR count). The Bertz CT molecular complexity index is 882. The summed E-state index contributed by atoms with van der Waals surface area (Å²) < 4.78 is 7.71. The van der Waals surface area contributed by atoms with Crippen molar-refractivity contribution >= 4 is 0 Å². The van der Waals surface area contributed by atoms with Crippen LogP contribution in [0.2, 0.25) is 0 Å². The summed E-state index contributed by atoms with van der Waals surface area (Å²) in [6.07, 6.45) is 2.37. The predicted octanol–water partition coefficient (Wildman–Crippen LogP) is 2.78. The van der Waals surface area contributed by atoms with Crippen LogP contribution >= 0.6 is 0 Å². The van der Waals surface area contributed by atoms with Crippen LogP contribution in [0, 0.1) is 0 Å². The van der Waals surface area contributed by atoms with Crippen LogP contribution in [-0.2, 0) is 13.1 Å². The maximum absolute atomic E-state index is 5.50. The summed E-state index contributed by atoms with van der Waals surface area (Å²) in [7, 11) is 0. The summed E-state index contributed by atoms with van der Waals surface area (Å²) in [5.41, 5.74) is 1.11. The van der Waals surface area contributed by atoms with Gasteiger partial charge in [-0.3, -0.25) is 4.90 Å². The Kier molecular flexibility index (Phi) is 3.41. The molecule has 3 aromatic rings. The minimum absolute atomic E-state index is 0.0885. The fourth-order valence-electron chi connectivity index (χ4n) is 3.39. The topological polar surface area (TPSA) is 72.9 Å². The third-order valence-electron chi connectivity index (χ3n) is 5.12. The van der Waals surface area contributed by atoms with Gasteiger partial charge in [-0.15, -0.1) is 10.2 Å². The monoisotopic (exact) mass is 336 g/mol. The van der Waals surface area contributed by atoms with Crippen molar-refractivity contribution in [3.8, 4) is 11.4 Å². The summed E-state index contributed by atoms with van der Waals surface area (Å²) in [4.78, 5) is 6.92.